The molecule has 0 aromatic heterocycles. The van der Waals surface area contributed by atoms with E-state index in [1.54, 1.807) is 0 Å². The Morgan fingerprint density at radius 1 is 1.30 bits per heavy atom. The third-order valence-electron chi connectivity index (χ3n) is 0.901. The van der Waals surface area contributed by atoms with Crippen molar-refractivity contribution in [2.24, 2.45) is 22.9 Å². The Labute approximate surface area is 57.5 Å². The lowest BCUT2D eigenvalue weighted by atomic mass is 10.3. The monoisotopic (exact) mass is 146 g/mol. The Balaban J connectivity index is 4.50. The molecular formula is C4H10N4O2. The number of hydrogen-bond acceptors (Lipinski definition) is 5. The number of rotatable bonds is 2. The van der Waals surface area contributed by atoms with Crippen LogP contribution in [0.1, 0.15) is 0 Å². The van der Waals surface area contributed by atoms with Crippen LogP contribution >= 0.6 is 0 Å². The van der Waals surface area contributed by atoms with Crippen molar-refractivity contribution < 1.29 is 9.90 Å². The highest BCUT2D eigenvalue weighted by atomic mass is 16.4. The molecule has 0 amide bonds. The number of hydrogen-bond donors (Lipinski definition) is 5. The summed E-state index contributed by atoms with van der Waals surface area (Å²) in [5.74, 6) is -1.32. The highest BCUT2D eigenvalue weighted by molar-refractivity contribution is 5.86. The van der Waals surface area contributed by atoms with Gasteiger partial charge in [0.15, 0.2) is 0 Å². The predicted molar refractivity (Wildman–Crippen MR) is 35.2 cm³/mol. The topological polar surface area (TPSA) is 141 Å². The zero-order chi connectivity index (χ0) is 8.31. The van der Waals surface area contributed by atoms with Crippen LogP contribution in [0.2, 0.25) is 0 Å². The molecule has 0 unspecified atom stereocenters. The Bertz CT molecular complexity index is 174. The van der Waals surface area contributed by atoms with Crippen LogP contribution in [0.15, 0.2) is 11.4 Å². The van der Waals surface area contributed by atoms with E-state index in [9.17, 15) is 4.79 Å². The van der Waals surface area contributed by atoms with Crippen molar-refractivity contribution >= 4 is 5.97 Å². The van der Waals surface area contributed by atoms with Gasteiger partial charge in [-0.25, -0.2) is 4.79 Å². The highest BCUT2D eigenvalue weighted by Gasteiger charge is 2.09. The van der Waals surface area contributed by atoms with E-state index < -0.39 is 17.8 Å². The molecular weight excluding hydrogens is 136 g/mol. The summed E-state index contributed by atoms with van der Waals surface area (Å²) in [5, 5.41) is 8.23. The molecule has 10 heavy (non-hydrogen) atoms. The summed E-state index contributed by atoms with van der Waals surface area (Å²) < 4.78 is 0. The third-order valence-corrected chi connectivity index (χ3v) is 0.901. The van der Waals surface area contributed by atoms with Gasteiger partial charge in [0, 0.05) is 0 Å². The average Bonchev–Trinajstić information content (AvgIpc) is 1.84. The molecule has 0 heterocycles. The summed E-state index contributed by atoms with van der Waals surface area (Å²) >= 11 is 0. The number of carbonyl (C=O) groups is 1. The quantitative estimate of drug-likeness (QED) is 0.214. The maximum Gasteiger partial charge on any atom is 0.353 e. The first-order chi connectivity index (χ1) is 4.46. The summed E-state index contributed by atoms with van der Waals surface area (Å²) in [6.45, 7) is 0. The van der Waals surface area contributed by atoms with Gasteiger partial charge in [0.05, 0.1) is 11.9 Å². The van der Waals surface area contributed by atoms with Crippen molar-refractivity contribution in [2.75, 3.05) is 0 Å². The van der Waals surface area contributed by atoms with Crippen molar-refractivity contribution in [2.45, 2.75) is 6.17 Å². The van der Waals surface area contributed by atoms with Crippen LogP contribution in [0, 0.1) is 0 Å². The molecule has 9 N–H and O–H groups in total. The van der Waals surface area contributed by atoms with Gasteiger partial charge in [0.25, 0.3) is 0 Å². The zero-order valence-electron chi connectivity index (χ0n) is 5.24. The second-order valence-corrected chi connectivity index (χ2v) is 1.70. The molecule has 0 atom stereocenters. The van der Waals surface area contributed by atoms with Gasteiger partial charge in [-0.3, -0.25) is 0 Å². The molecule has 0 rings (SSSR count). The van der Waals surface area contributed by atoms with Crippen LogP contribution < -0.4 is 22.9 Å². The molecule has 0 bridgehead atoms. The number of carboxylic acid groups (broad SMARTS) is 1. The maximum atomic E-state index is 10.1. The molecule has 0 saturated heterocycles. The van der Waals surface area contributed by atoms with Crippen molar-refractivity contribution in [1.82, 2.24) is 0 Å². The lowest BCUT2D eigenvalue weighted by Gasteiger charge is -2.06. The molecule has 0 aromatic carbocycles. The van der Waals surface area contributed by atoms with Crippen LogP contribution in [0.5, 0.6) is 0 Å². The molecule has 6 heteroatoms. The van der Waals surface area contributed by atoms with E-state index in [-0.39, 0.29) is 5.70 Å². The number of carboxylic acids is 1. The lowest BCUT2D eigenvalue weighted by Crippen LogP contribution is -2.39. The Hall–Kier alpha value is -1.27. The predicted octanol–water partition coefficient (Wildman–Crippen LogP) is -2.56. The summed E-state index contributed by atoms with van der Waals surface area (Å²) in [5.41, 5.74) is 19.4. The first kappa shape index (κ1) is 8.73. The zero-order valence-corrected chi connectivity index (χ0v) is 5.24. The summed E-state index contributed by atoms with van der Waals surface area (Å²) in [4.78, 5) is 10.1. The number of nitrogens with two attached hydrogens (primary N) is 4. The van der Waals surface area contributed by atoms with E-state index in [0.29, 0.717) is 0 Å². The van der Waals surface area contributed by atoms with Gasteiger partial charge in [0.2, 0.25) is 0 Å². The van der Waals surface area contributed by atoms with E-state index in [1.807, 2.05) is 0 Å². The lowest BCUT2D eigenvalue weighted by molar-refractivity contribution is -0.132. The van der Waals surface area contributed by atoms with E-state index in [1.165, 1.54) is 0 Å². The van der Waals surface area contributed by atoms with Gasteiger partial charge in [-0.05, 0) is 0 Å². The Kier molecular flexibility index (Phi) is 2.65. The average molecular weight is 146 g/mol. The van der Waals surface area contributed by atoms with Crippen LogP contribution in [0.4, 0.5) is 0 Å². The van der Waals surface area contributed by atoms with Crippen molar-refractivity contribution in [3.05, 3.63) is 11.4 Å². The van der Waals surface area contributed by atoms with E-state index in [4.69, 9.17) is 28.0 Å². The second kappa shape index (κ2) is 3.04. The Morgan fingerprint density at radius 3 is 1.80 bits per heavy atom. The maximum absolute atomic E-state index is 10.1. The molecule has 0 fully saturated rings. The van der Waals surface area contributed by atoms with Crippen LogP contribution in [0.3, 0.4) is 0 Å². The normalized spacial score (nSPS) is 13.1. The van der Waals surface area contributed by atoms with Gasteiger partial charge in [0.1, 0.15) is 5.70 Å². The fraction of sp³-hybridized carbons (Fsp3) is 0.250. The van der Waals surface area contributed by atoms with E-state index >= 15 is 0 Å². The smallest absolute Gasteiger partial charge is 0.353 e. The van der Waals surface area contributed by atoms with Gasteiger partial charge >= 0.3 is 5.97 Å². The van der Waals surface area contributed by atoms with Crippen LogP contribution in [-0.4, -0.2) is 17.2 Å². The van der Waals surface area contributed by atoms with Crippen molar-refractivity contribution in [3.63, 3.8) is 0 Å². The Morgan fingerprint density at radius 2 is 1.70 bits per heavy atom. The minimum Gasteiger partial charge on any atom is -0.477 e. The summed E-state index contributed by atoms with van der Waals surface area (Å²) in [6, 6.07) is 0. The van der Waals surface area contributed by atoms with Crippen molar-refractivity contribution in [1.29, 1.82) is 0 Å². The fourth-order valence-corrected chi connectivity index (χ4v) is 0.303. The first-order valence-electron chi connectivity index (χ1n) is 2.46. The largest absolute Gasteiger partial charge is 0.477 e. The molecule has 58 valence electrons. The molecule has 6 nitrogen and oxygen atoms in total. The number of aliphatic carboxylic acids is 1. The standard InChI is InChI=1S/C4H10N4O2/c5-1(3(7)8)2(6)4(9)10/h3H,5-8H2,(H,9,10)/b2-1+. The summed E-state index contributed by atoms with van der Waals surface area (Å²) in [6.07, 6.45) is -1.02. The molecule has 0 aliphatic rings. The fourth-order valence-electron chi connectivity index (χ4n) is 0.303. The minimum atomic E-state index is -1.32. The van der Waals surface area contributed by atoms with Gasteiger partial charge < -0.3 is 28.0 Å². The van der Waals surface area contributed by atoms with E-state index in [2.05, 4.69) is 0 Å². The minimum absolute atomic E-state index is 0.215. The SMILES string of the molecule is N/C(C(=O)O)=C(/N)C(N)N. The van der Waals surface area contributed by atoms with Gasteiger partial charge in [-0.1, -0.05) is 0 Å². The van der Waals surface area contributed by atoms with Crippen LogP contribution in [0.25, 0.3) is 0 Å². The molecule has 0 spiro atoms. The third kappa shape index (κ3) is 1.92. The van der Waals surface area contributed by atoms with Gasteiger partial charge in [-0.15, -0.1) is 0 Å². The first-order valence-corrected chi connectivity index (χ1v) is 2.46. The molecule has 0 aliphatic carbocycles. The van der Waals surface area contributed by atoms with Crippen LogP contribution in [-0.2, 0) is 4.79 Å². The molecule has 0 aliphatic heterocycles. The summed E-state index contributed by atoms with van der Waals surface area (Å²) in [7, 11) is 0. The molecule has 0 aromatic rings. The van der Waals surface area contributed by atoms with E-state index in [0.717, 1.165) is 0 Å². The highest BCUT2D eigenvalue weighted by Crippen LogP contribution is 1.90. The van der Waals surface area contributed by atoms with Gasteiger partial charge in [-0.2, -0.15) is 0 Å². The molecule has 0 saturated carbocycles. The molecule has 0 radical (unpaired) electrons. The second-order valence-electron chi connectivity index (χ2n) is 1.70. The van der Waals surface area contributed by atoms with Crippen molar-refractivity contribution in [3.8, 4) is 0 Å².